The van der Waals surface area contributed by atoms with Crippen molar-refractivity contribution in [1.29, 1.82) is 0 Å². The molecular weight excluding hydrogens is 385 g/mol. The van der Waals surface area contributed by atoms with Crippen LogP contribution in [0.1, 0.15) is 41.2 Å². The van der Waals surface area contributed by atoms with E-state index in [-0.39, 0.29) is 23.6 Å². The molecule has 0 unspecified atom stereocenters. The molecule has 0 saturated heterocycles. The van der Waals surface area contributed by atoms with E-state index in [4.69, 9.17) is 4.74 Å². The second-order valence-electron chi connectivity index (χ2n) is 8.07. The number of carboxylic acid groups (broad SMARTS) is 1. The summed E-state index contributed by atoms with van der Waals surface area (Å²) in [4.78, 5) is 23.5. The van der Waals surface area contributed by atoms with Gasteiger partial charge in [-0.05, 0) is 85.0 Å². The summed E-state index contributed by atoms with van der Waals surface area (Å²) in [5.74, 6) is -1.01. The zero-order chi connectivity index (χ0) is 21.8. The molecule has 2 aromatic carbocycles. The van der Waals surface area contributed by atoms with E-state index in [9.17, 15) is 19.1 Å². The quantitative estimate of drug-likeness (QED) is 0.758. The van der Waals surface area contributed by atoms with Gasteiger partial charge in [0.1, 0.15) is 18.2 Å². The minimum absolute atomic E-state index is 0.0218. The maximum Gasteiger partial charge on any atom is 0.223 e. The number of nitrogens with one attached hydrogen (secondary N) is 1. The smallest absolute Gasteiger partial charge is 0.223 e. The first kappa shape index (κ1) is 21.8. The fourth-order valence-corrected chi connectivity index (χ4v) is 4.20. The first-order valence-corrected chi connectivity index (χ1v) is 10.2. The van der Waals surface area contributed by atoms with Gasteiger partial charge in [-0.2, -0.15) is 0 Å². The van der Waals surface area contributed by atoms with Crippen molar-refractivity contribution >= 4 is 11.9 Å². The average Bonchev–Trinajstić information content (AvgIpc) is 2.73. The number of amides is 1. The highest BCUT2D eigenvalue weighted by atomic mass is 19.1. The molecule has 2 atom stereocenters. The molecule has 1 aliphatic rings. The minimum atomic E-state index is -1.26. The summed E-state index contributed by atoms with van der Waals surface area (Å²) < 4.78 is 18.4. The van der Waals surface area contributed by atoms with Crippen LogP contribution in [0, 0.1) is 31.5 Å². The van der Waals surface area contributed by atoms with Crippen LogP contribution in [-0.2, 0) is 29.0 Å². The van der Waals surface area contributed by atoms with E-state index in [0.717, 1.165) is 41.5 Å². The van der Waals surface area contributed by atoms with Gasteiger partial charge in [0.15, 0.2) is 0 Å². The van der Waals surface area contributed by atoms with Crippen LogP contribution in [0.5, 0.6) is 5.75 Å². The largest absolute Gasteiger partial charge is 0.546 e. The van der Waals surface area contributed by atoms with E-state index < -0.39 is 12.6 Å². The molecule has 160 valence electrons. The van der Waals surface area contributed by atoms with Gasteiger partial charge in [0.25, 0.3) is 0 Å². The lowest BCUT2D eigenvalue weighted by Crippen LogP contribution is -2.35. The third kappa shape index (κ3) is 4.99. The van der Waals surface area contributed by atoms with Gasteiger partial charge in [0.2, 0.25) is 5.91 Å². The number of hydrogen-bond acceptors (Lipinski definition) is 4. The van der Waals surface area contributed by atoms with Crippen LogP contribution in [0.25, 0.3) is 0 Å². The summed E-state index contributed by atoms with van der Waals surface area (Å²) in [5.41, 5.74) is 5.28. The van der Waals surface area contributed by atoms with Crippen molar-refractivity contribution in [3.63, 3.8) is 0 Å². The van der Waals surface area contributed by atoms with Gasteiger partial charge in [-0.1, -0.05) is 19.1 Å². The fraction of sp³-hybridized carbons (Fsp3) is 0.417. The maximum absolute atomic E-state index is 13.0. The third-order valence-electron chi connectivity index (χ3n) is 6.09. The number of rotatable bonds is 7. The van der Waals surface area contributed by atoms with E-state index in [1.54, 1.807) is 12.1 Å². The van der Waals surface area contributed by atoms with E-state index in [2.05, 4.69) is 5.32 Å². The number of halogens is 1. The normalized spacial score (nSPS) is 16.5. The lowest BCUT2D eigenvalue weighted by atomic mass is 9.74. The number of aliphatic carboxylic acids is 1. The second kappa shape index (κ2) is 9.28. The van der Waals surface area contributed by atoms with E-state index in [1.807, 2.05) is 26.8 Å². The first-order valence-electron chi connectivity index (χ1n) is 10.2. The van der Waals surface area contributed by atoms with Gasteiger partial charge < -0.3 is 20.0 Å². The molecule has 0 spiro atoms. The van der Waals surface area contributed by atoms with Crippen LogP contribution < -0.4 is 15.2 Å². The molecule has 2 aromatic rings. The number of ether oxygens (including phenoxy) is 1. The van der Waals surface area contributed by atoms with Crippen molar-refractivity contribution in [1.82, 2.24) is 5.32 Å². The van der Waals surface area contributed by atoms with Crippen molar-refractivity contribution in [2.45, 2.75) is 46.6 Å². The Morgan fingerprint density at radius 3 is 2.60 bits per heavy atom. The van der Waals surface area contributed by atoms with Gasteiger partial charge >= 0.3 is 0 Å². The predicted molar refractivity (Wildman–Crippen MR) is 109 cm³/mol. The number of carbonyl (C=O) groups is 2. The predicted octanol–water partition coefficient (Wildman–Crippen LogP) is 2.63. The number of aryl methyl sites for hydroxylation is 1. The molecule has 0 aromatic heterocycles. The summed E-state index contributed by atoms with van der Waals surface area (Å²) in [6.45, 7) is 5.76. The Kier molecular flexibility index (Phi) is 6.75. The van der Waals surface area contributed by atoms with Crippen molar-refractivity contribution in [2.24, 2.45) is 11.8 Å². The van der Waals surface area contributed by atoms with Crippen molar-refractivity contribution < 1.29 is 23.8 Å². The van der Waals surface area contributed by atoms with E-state index in [0.29, 0.717) is 12.3 Å². The van der Waals surface area contributed by atoms with Crippen LogP contribution in [0.2, 0.25) is 0 Å². The molecule has 1 amide bonds. The highest BCUT2D eigenvalue weighted by molar-refractivity contribution is 5.78. The van der Waals surface area contributed by atoms with Crippen molar-refractivity contribution in [3.05, 3.63) is 64.0 Å². The summed E-state index contributed by atoms with van der Waals surface area (Å²) in [6, 6.07) is 7.98. The van der Waals surface area contributed by atoms with Crippen molar-refractivity contribution in [3.8, 4) is 5.75 Å². The summed E-state index contributed by atoms with van der Waals surface area (Å²) >= 11 is 0. The number of benzene rings is 2. The summed E-state index contributed by atoms with van der Waals surface area (Å²) in [5, 5.41) is 13.7. The molecule has 6 heteroatoms. The average molecular weight is 412 g/mol. The molecule has 0 fully saturated rings. The monoisotopic (exact) mass is 412 g/mol. The molecule has 1 N–H and O–H groups in total. The van der Waals surface area contributed by atoms with Gasteiger partial charge in [-0.25, -0.2) is 4.39 Å². The molecule has 0 saturated carbocycles. The van der Waals surface area contributed by atoms with Gasteiger partial charge in [0.05, 0.1) is 5.97 Å². The SMILES string of the molecule is Cc1cc(OCC(=O)[O-])c(C)c2c1CC[C@@H]([C@H](C)C(=O)NCc1ccc(F)cc1)C2. The first-order chi connectivity index (χ1) is 14.3. The Hall–Kier alpha value is -2.89. The van der Waals surface area contributed by atoms with Crippen LogP contribution in [-0.4, -0.2) is 18.5 Å². The maximum atomic E-state index is 13.0. The van der Waals surface area contributed by atoms with Gasteiger partial charge in [0, 0.05) is 12.5 Å². The van der Waals surface area contributed by atoms with Crippen LogP contribution >= 0.6 is 0 Å². The zero-order valence-corrected chi connectivity index (χ0v) is 17.6. The summed E-state index contributed by atoms with van der Waals surface area (Å²) in [6.07, 6.45) is 2.54. The van der Waals surface area contributed by atoms with Gasteiger partial charge in [-0.15, -0.1) is 0 Å². The summed E-state index contributed by atoms with van der Waals surface area (Å²) in [7, 11) is 0. The molecule has 0 heterocycles. The van der Waals surface area contributed by atoms with Crippen LogP contribution in [0.4, 0.5) is 4.39 Å². The standard InChI is InChI=1S/C24H28FNO4/c1-14-10-22(30-13-23(27)28)16(3)21-11-18(6-9-20(14)21)15(2)24(29)26-12-17-4-7-19(25)8-5-17/h4-5,7-8,10,15,18H,6,9,11-13H2,1-3H3,(H,26,29)(H,27,28)/p-1/t15-,18+/m0/s1. The number of carboxylic acids is 1. The van der Waals surface area contributed by atoms with Crippen molar-refractivity contribution in [2.75, 3.05) is 6.61 Å². The Bertz CT molecular complexity index is 939. The second-order valence-corrected chi connectivity index (χ2v) is 8.07. The molecule has 1 aliphatic carbocycles. The Labute approximate surface area is 176 Å². The van der Waals surface area contributed by atoms with E-state index in [1.165, 1.54) is 17.7 Å². The highest BCUT2D eigenvalue weighted by Gasteiger charge is 2.30. The molecule has 5 nitrogen and oxygen atoms in total. The number of hydrogen-bond donors (Lipinski definition) is 1. The van der Waals surface area contributed by atoms with Crippen LogP contribution in [0.15, 0.2) is 30.3 Å². The number of carbonyl (C=O) groups excluding carboxylic acids is 2. The third-order valence-corrected chi connectivity index (χ3v) is 6.09. The number of fused-ring (bicyclic) bond motifs is 1. The molecule has 0 bridgehead atoms. The molecule has 0 radical (unpaired) electrons. The Morgan fingerprint density at radius 1 is 1.23 bits per heavy atom. The Balaban J connectivity index is 1.68. The molecule has 0 aliphatic heterocycles. The zero-order valence-electron chi connectivity index (χ0n) is 17.6. The van der Waals surface area contributed by atoms with Gasteiger partial charge in [-0.3, -0.25) is 4.79 Å². The molecule has 3 rings (SSSR count). The van der Waals surface area contributed by atoms with E-state index >= 15 is 0 Å². The fourth-order valence-electron chi connectivity index (χ4n) is 4.20. The molecule has 30 heavy (non-hydrogen) atoms. The van der Waals surface area contributed by atoms with Crippen LogP contribution in [0.3, 0.4) is 0 Å². The lowest BCUT2D eigenvalue weighted by Gasteiger charge is -2.31. The minimum Gasteiger partial charge on any atom is -0.546 e. The highest BCUT2D eigenvalue weighted by Crippen LogP contribution is 2.37. The lowest BCUT2D eigenvalue weighted by molar-refractivity contribution is -0.307. The Morgan fingerprint density at radius 2 is 1.93 bits per heavy atom. The topological polar surface area (TPSA) is 78.5 Å². The molecular formula is C24H27FNO4-.